The fourth-order valence-corrected chi connectivity index (χ4v) is 0. The van der Waals surface area contributed by atoms with Gasteiger partial charge in [-0.3, -0.25) is 14.4 Å². The number of carboxylic acids is 3. The number of hydrogen-bond donors (Lipinski definition) is 3. The van der Waals surface area contributed by atoms with E-state index in [2.05, 4.69) is 0 Å². The van der Waals surface area contributed by atoms with E-state index >= 15 is 0 Å². The Kier molecular flexibility index (Phi) is 14.2. The summed E-state index contributed by atoms with van der Waals surface area (Å²) < 4.78 is 0. The molecule has 0 amide bonds. The van der Waals surface area contributed by atoms with Crippen LogP contribution in [0.15, 0.2) is 0 Å². The van der Waals surface area contributed by atoms with Gasteiger partial charge in [0.25, 0.3) is 0 Å². The van der Waals surface area contributed by atoms with Gasteiger partial charge in [-0.25, -0.2) is 0 Å². The van der Waals surface area contributed by atoms with E-state index in [1.165, 1.54) is 0 Å². The van der Waals surface area contributed by atoms with Crippen molar-refractivity contribution in [2.45, 2.75) is 62.3 Å². The first-order chi connectivity index (χ1) is 8.83. The molecule has 6 nitrogen and oxygen atoms in total. The standard InChI is InChI=1S/3C5H10O2.Ru/c3*1-5(2,3)4(6)7;/h3*1-3H3,(H,6,7);. The molecule has 0 unspecified atom stereocenters. The minimum Gasteiger partial charge on any atom is -0.481 e. The van der Waals surface area contributed by atoms with E-state index in [0.29, 0.717) is 0 Å². The number of carbonyl (C=O) groups is 3. The Morgan fingerprint density at radius 2 is 0.545 bits per heavy atom. The Morgan fingerprint density at radius 1 is 0.500 bits per heavy atom. The first-order valence-electron chi connectivity index (χ1n) is 6.53. The molecule has 0 spiro atoms. The normalized spacial score (nSPS) is 10.8. The second-order valence-electron chi connectivity index (χ2n) is 7.67. The van der Waals surface area contributed by atoms with Crippen molar-refractivity contribution in [1.29, 1.82) is 0 Å². The molecule has 0 aliphatic rings. The van der Waals surface area contributed by atoms with E-state index in [4.69, 9.17) is 15.3 Å². The largest absolute Gasteiger partial charge is 0.481 e. The topological polar surface area (TPSA) is 112 Å². The van der Waals surface area contributed by atoms with Crippen molar-refractivity contribution in [2.75, 3.05) is 0 Å². The van der Waals surface area contributed by atoms with E-state index in [-0.39, 0.29) is 19.5 Å². The first kappa shape index (κ1) is 29.1. The average molecular weight is 407 g/mol. The fourth-order valence-electron chi connectivity index (χ4n) is 0. The van der Waals surface area contributed by atoms with Crippen molar-refractivity contribution in [1.82, 2.24) is 0 Å². The maximum absolute atomic E-state index is 10.0. The quantitative estimate of drug-likeness (QED) is 0.531. The average Bonchev–Trinajstić information content (AvgIpc) is 2.14. The summed E-state index contributed by atoms with van der Waals surface area (Å²) in [7, 11) is 0. The number of carboxylic acid groups (broad SMARTS) is 3. The van der Waals surface area contributed by atoms with Gasteiger partial charge in [-0.1, -0.05) is 0 Å². The van der Waals surface area contributed by atoms with Crippen molar-refractivity contribution in [2.24, 2.45) is 16.2 Å². The van der Waals surface area contributed by atoms with Gasteiger partial charge < -0.3 is 15.3 Å². The molecule has 0 aromatic rings. The van der Waals surface area contributed by atoms with Crippen molar-refractivity contribution in [3.8, 4) is 0 Å². The molecule has 3 N–H and O–H groups in total. The van der Waals surface area contributed by atoms with Crippen LogP contribution in [0.2, 0.25) is 0 Å². The molecule has 7 heteroatoms. The molecule has 0 radical (unpaired) electrons. The second-order valence-corrected chi connectivity index (χ2v) is 7.67. The number of aliphatic carboxylic acids is 3. The predicted molar refractivity (Wildman–Crippen MR) is 81.3 cm³/mol. The summed E-state index contributed by atoms with van der Waals surface area (Å²) in [6, 6.07) is 0. The van der Waals surface area contributed by atoms with Crippen LogP contribution in [0.5, 0.6) is 0 Å². The van der Waals surface area contributed by atoms with Gasteiger partial charge in [-0.05, 0) is 62.3 Å². The zero-order chi connectivity index (χ0) is 18.2. The maximum Gasteiger partial charge on any atom is 0.308 e. The van der Waals surface area contributed by atoms with Gasteiger partial charge in [-0.15, -0.1) is 0 Å². The van der Waals surface area contributed by atoms with E-state index in [1.807, 2.05) is 0 Å². The molecule has 0 fully saturated rings. The van der Waals surface area contributed by atoms with Gasteiger partial charge in [0, 0.05) is 19.5 Å². The molecule has 0 saturated carbocycles. The van der Waals surface area contributed by atoms with Crippen LogP contribution in [0.4, 0.5) is 0 Å². The van der Waals surface area contributed by atoms with Crippen molar-refractivity contribution >= 4 is 17.9 Å². The van der Waals surface area contributed by atoms with Crippen LogP contribution in [-0.2, 0) is 33.9 Å². The van der Waals surface area contributed by atoms with Gasteiger partial charge in [0.2, 0.25) is 0 Å². The monoisotopic (exact) mass is 408 g/mol. The van der Waals surface area contributed by atoms with Crippen LogP contribution < -0.4 is 0 Å². The van der Waals surface area contributed by atoms with E-state index in [1.54, 1.807) is 62.3 Å². The van der Waals surface area contributed by atoms with Crippen molar-refractivity contribution < 1.29 is 49.2 Å². The third kappa shape index (κ3) is 21.3. The Balaban J connectivity index is -0.000000108. The zero-order valence-corrected chi connectivity index (χ0v) is 16.7. The van der Waals surface area contributed by atoms with Crippen LogP contribution in [0.25, 0.3) is 0 Å². The van der Waals surface area contributed by atoms with E-state index in [9.17, 15) is 14.4 Å². The summed E-state index contributed by atoms with van der Waals surface area (Å²) in [4.78, 5) is 30.1. The third-order valence-electron chi connectivity index (χ3n) is 1.92. The maximum atomic E-state index is 10.0. The third-order valence-corrected chi connectivity index (χ3v) is 1.92. The Bertz CT molecular complexity index is 299. The summed E-state index contributed by atoms with van der Waals surface area (Å²) in [6.07, 6.45) is 0. The van der Waals surface area contributed by atoms with Crippen LogP contribution >= 0.6 is 0 Å². The number of rotatable bonds is 0. The van der Waals surface area contributed by atoms with Crippen LogP contribution in [0, 0.1) is 16.2 Å². The summed E-state index contributed by atoms with van der Waals surface area (Å²) in [6.45, 7) is 15.0. The first-order valence-corrected chi connectivity index (χ1v) is 6.53. The SMILES string of the molecule is CC(C)(C)C(=O)O.CC(C)(C)C(=O)O.CC(C)(C)C(=O)O.[Ru]. The van der Waals surface area contributed by atoms with Crippen LogP contribution in [0.1, 0.15) is 62.3 Å². The molecule has 0 atom stereocenters. The second kappa shape index (κ2) is 10.7. The van der Waals surface area contributed by atoms with Crippen LogP contribution in [0.3, 0.4) is 0 Å². The summed E-state index contributed by atoms with van der Waals surface area (Å²) in [5, 5.41) is 24.8. The zero-order valence-electron chi connectivity index (χ0n) is 14.9. The molecule has 0 heterocycles. The number of hydrogen-bond acceptors (Lipinski definition) is 3. The van der Waals surface area contributed by atoms with Crippen LogP contribution in [-0.4, -0.2) is 33.2 Å². The molecule has 134 valence electrons. The van der Waals surface area contributed by atoms with Gasteiger partial charge in [0.15, 0.2) is 0 Å². The van der Waals surface area contributed by atoms with Gasteiger partial charge in [0.1, 0.15) is 0 Å². The predicted octanol–water partition coefficient (Wildman–Crippen LogP) is 3.35. The molecule has 0 rings (SSSR count). The molecule has 0 aromatic heterocycles. The van der Waals surface area contributed by atoms with E-state index < -0.39 is 34.2 Å². The van der Waals surface area contributed by atoms with Gasteiger partial charge in [0.05, 0.1) is 16.2 Å². The van der Waals surface area contributed by atoms with Crippen molar-refractivity contribution in [3.63, 3.8) is 0 Å². The molecular weight excluding hydrogens is 377 g/mol. The molecule has 0 aliphatic carbocycles. The smallest absolute Gasteiger partial charge is 0.308 e. The Morgan fingerprint density at radius 3 is 0.545 bits per heavy atom. The van der Waals surface area contributed by atoms with Gasteiger partial charge in [-0.2, -0.15) is 0 Å². The summed E-state index contributed by atoms with van der Waals surface area (Å²) >= 11 is 0. The Labute approximate surface area is 146 Å². The van der Waals surface area contributed by atoms with Gasteiger partial charge >= 0.3 is 17.9 Å². The molecule has 0 saturated heterocycles. The van der Waals surface area contributed by atoms with Crippen molar-refractivity contribution in [3.05, 3.63) is 0 Å². The Hall–Kier alpha value is -0.967. The molecular formula is C15H30O6Ru. The summed E-state index contributed by atoms with van der Waals surface area (Å²) in [5.41, 5.74) is -1.75. The summed E-state index contributed by atoms with van der Waals surface area (Å²) in [5.74, 6) is -2.27. The minimum atomic E-state index is -0.757. The van der Waals surface area contributed by atoms with E-state index in [0.717, 1.165) is 0 Å². The minimum absolute atomic E-state index is 0. The fraction of sp³-hybridized carbons (Fsp3) is 0.800. The molecule has 22 heavy (non-hydrogen) atoms. The molecule has 0 aromatic carbocycles. The molecule has 0 aliphatic heterocycles. The molecule has 0 bridgehead atoms.